The molecule has 0 unspecified atom stereocenters. The molecule has 0 aromatic heterocycles. The Labute approximate surface area is 172 Å². The van der Waals surface area contributed by atoms with Crippen LogP contribution in [0.1, 0.15) is 48.0 Å². The molecule has 0 heterocycles. The van der Waals surface area contributed by atoms with Crippen molar-refractivity contribution in [1.29, 1.82) is 0 Å². The summed E-state index contributed by atoms with van der Waals surface area (Å²) in [5.74, 6) is -0.178. The molecule has 2 amide bonds. The molecular formula is C24H29N3O2. The van der Waals surface area contributed by atoms with Gasteiger partial charge in [-0.15, -0.1) is 0 Å². The van der Waals surface area contributed by atoms with E-state index in [1.165, 1.54) is 24.8 Å². The maximum atomic E-state index is 12.4. The Balaban J connectivity index is 1.41. The number of carbonyl (C=O) groups excluding carboxylic acids is 2. The van der Waals surface area contributed by atoms with E-state index in [-0.39, 0.29) is 18.4 Å². The first kappa shape index (κ1) is 20.6. The van der Waals surface area contributed by atoms with Crippen LogP contribution in [-0.2, 0) is 11.3 Å². The van der Waals surface area contributed by atoms with Crippen molar-refractivity contribution in [3.05, 3.63) is 77.4 Å². The second-order valence-electron chi connectivity index (χ2n) is 7.31. The molecule has 2 aromatic rings. The van der Waals surface area contributed by atoms with Crippen molar-refractivity contribution >= 4 is 17.5 Å². The maximum Gasteiger partial charge on any atom is 0.251 e. The lowest BCUT2D eigenvalue weighted by Gasteiger charge is -2.13. The number of allylic oxidation sites excluding steroid dienone is 1. The van der Waals surface area contributed by atoms with E-state index in [1.54, 1.807) is 12.1 Å². The van der Waals surface area contributed by atoms with Gasteiger partial charge in [-0.1, -0.05) is 48.0 Å². The Morgan fingerprint density at radius 3 is 2.59 bits per heavy atom. The minimum atomic E-state index is -0.136. The summed E-state index contributed by atoms with van der Waals surface area (Å²) in [5.41, 5.74) is 3.83. The molecule has 0 saturated carbocycles. The molecule has 5 nitrogen and oxygen atoms in total. The van der Waals surface area contributed by atoms with Crippen molar-refractivity contribution in [2.45, 2.75) is 38.6 Å². The number of anilines is 1. The van der Waals surface area contributed by atoms with Crippen LogP contribution in [0.3, 0.4) is 0 Å². The third kappa shape index (κ3) is 7.11. The van der Waals surface area contributed by atoms with Crippen LogP contribution in [-0.4, -0.2) is 24.9 Å². The summed E-state index contributed by atoms with van der Waals surface area (Å²) >= 11 is 0. The van der Waals surface area contributed by atoms with Gasteiger partial charge in [0.05, 0.1) is 6.54 Å². The smallest absolute Gasteiger partial charge is 0.251 e. The average molecular weight is 392 g/mol. The zero-order valence-electron chi connectivity index (χ0n) is 16.7. The summed E-state index contributed by atoms with van der Waals surface area (Å²) in [4.78, 5) is 24.4. The van der Waals surface area contributed by atoms with Crippen molar-refractivity contribution in [1.82, 2.24) is 10.6 Å². The summed E-state index contributed by atoms with van der Waals surface area (Å²) in [6, 6.07) is 17.0. The Bertz CT molecular complexity index is 846. The molecule has 1 aliphatic rings. The van der Waals surface area contributed by atoms with Crippen molar-refractivity contribution in [3.8, 4) is 0 Å². The largest absolute Gasteiger partial charge is 0.376 e. The Hall–Kier alpha value is -3.08. The molecule has 2 aromatic carbocycles. The van der Waals surface area contributed by atoms with Gasteiger partial charge >= 0.3 is 0 Å². The summed E-state index contributed by atoms with van der Waals surface area (Å²) in [6.07, 6.45) is 8.11. The Morgan fingerprint density at radius 2 is 1.79 bits per heavy atom. The van der Waals surface area contributed by atoms with E-state index in [0.29, 0.717) is 18.7 Å². The van der Waals surface area contributed by atoms with Gasteiger partial charge in [0.25, 0.3) is 5.91 Å². The Kier molecular flexibility index (Phi) is 7.87. The van der Waals surface area contributed by atoms with Crippen LogP contribution in [0.15, 0.2) is 66.2 Å². The van der Waals surface area contributed by atoms with Crippen LogP contribution < -0.4 is 16.0 Å². The highest BCUT2D eigenvalue weighted by atomic mass is 16.2. The highest BCUT2D eigenvalue weighted by molar-refractivity contribution is 5.95. The van der Waals surface area contributed by atoms with Crippen molar-refractivity contribution < 1.29 is 9.59 Å². The number of nitrogens with one attached hydrogen (secondary N) is 3. The van der Waals surface area contributed by atoms with Gasteiger partial charge in [0.1, 0.15) is 0 Å². The second kappa shape index (κ2) is 11.1. The number of benzene rings is 2. The first-order valence-electron chi connectivity index (χ1n) is 10.3. The normalized spacial score (nSPS) is 13.3. The third-order valence-corrected chi connectivity index (χ3v) is 5.03. The van der Waals surface area contributed by atoms with Gasteiger partial charge in [0.15, 0.2) is 0 Å². The summed E-state index contributed by atoms with van der Waals surface area (Å²) in [7, 11) is 0. The predicted octanol–water partition coefficient (Wildman–Crippen LogP) is 4.04. The fraction of sp³-hybridized carbons (Fsp3) is 0.333. The molecule has 152 valence electrons. The van der Waals surface area contributed by atoms with Crippen LogP contribution in [0.5, 0.6) is 0 Å². The molecule has 0 aliphatic heterocycles. The number of rotatable bonds is 9. The Morgan fingerprint density at radius 1 is 0.931 bits per heavy atom. The first-order chi connectivity index (χ1) is 14.2. The molecule has 3 rings (SSSR count). The quantitative estimate of drug-likeness (QED) is 0.565. The third-order valence-electron chi connectivity index (χ3n) is 5.03. The van der Waals surface area contributed by atoms with Gasteiger partial charge in [0.2, 0.25) is 5.91 Å². The van der Waals surface area contributed by atoms with Gasteiger partial charge < -0.3 is 16.0 Å². The van der Waals surface area contributed by atoms with Crippen LogP contribution in [0.4, 0.5) is 5.69 Å². The van der Waals surface area contributed by atoms with E-state index in [0.717, 1.165) is 24.1 Å². The van der Waals surface area contributed by atoms with E-state index >= 15 is 0 Å². The van der Waals surface area contributed by atoms with Gasteiger partial charge in [0, 0.05) is 24.3 Å². The highest BCUT2D eigenvalue weighted by Gasteiger charge is 2.08. The van der Waals surface area contributed by atoms with Crippen LogP contribution in [0.25, 0.3) is 0 Å². The predicted molar refractivity (Wildman–Crippen MR) is 117 cm³/mol. The lowest BCUT2D eigenvalue weighted by Crippen LogP contribution is -2.31. The van der Waals surface area contributed by atoms with Gasteiger partial charge in [-0.3, -0.25) is 9.59 Å². The summed E-state index contributed by atoms with van der Waals surface area (Å²) < 4.78 is 0. The fourth-order valence-corrected chi connectivity index (χ4v) is 3.39. The SMILES string of the molecule is O=C(CNc1cccc(C(=O)NCc2ccccc2)c1)NCCC1=CCCCC1. The second-order valence-corrected chi connectivity index (χ2v) is 7.31. The molecule has 5 heteroatoms. The molecule has 0 atom stereocenters. The molecule has 3 N–H and O–H groups in total. The van der Waals surface area contributed by atoms with Crippen LogP contribution in [0.2, 0.25) is 0 Å². The lowest BCUT2D eigenvalue weighted by molar-refractivity contribution is -0.119. The van der Waals surface area contributed by atoms with Gasteiger partial charge in [-0.05, 0) is 55.9 Å². The fourth-order valence-electron chi connectivity index (χ4n) is 3.39. The molecule has 0 spiro atoms. The molecule has 0 saturated heterocycles. The molecule has 0 fully saturated rings. The minimum absolute atomic E-state index is 0.0414. The standard InChI is InChI=1S/C24H29N3O2/c28-23(25-15-14-19-8-3-1-4-9-19)18-26-22-13-7-12-21(16-22)24(29)27-17-20-10-5-2-6-11-20/h2,5-8,10-13,16,26H,1,3-4,9,14-15,17-18H2,(H,25,28)(H,27,29). The van der Waals surface area contributed by atoms with Crippen molar-refractivity contribution in [2.24, 2.45) is 0 Å². The maximum absolute atomic E-state index is 12.4. The molecule has 1 aliphatic carbocycles. The number of hydrogen-bond acceptors (Lipinski definition) is 3. The summed E-state index contributed by atoms with van der Waals surface area (Å²) in [5, 5.41) is 8.96. The molecular weight excluding hydrogens is 362 g/mol. The van der Waals surface area contributed by atoms with Gasteiger partial charge in [-0.2, -0.15) is 0 Å². The van der Waals surface area contributed by atoms with E-state index in [9.17, 15) is 9.59 Å². The monoisotopic (exact) mass is 391 g/mol. The minimum Gasteiger partial charge on any atom is -0.376 e. The molecule has 29 heavy (non-hydrogen) atoms. The highest BCUT2D eigenvalue weighted by Crippen LogP contribution is 2.19. The van der Waals surface area contributed by atoms with Crippen LogP contribution >= 0.6 is 0 Å². The number of hydrogen-bond donors (Lipinski definition) is 3. The topological polar surface area (TPSA) is 70.2 Å². The lowest BCUT2D eigenvalue weighted by atomic mass is 9.97. The van der Waals surface area contributed by atoms with Gasteiger partial charge in [-0.25, -0.2) is 0 Å². The van der Waals surface area contributed by atoms with E-state index in [4.69, 9.17) is 0 Å². The summed E-state index contributed by atoms with van der Waals surface area (Å²) in [6.45, 7) is 1.35. The van der Waals surface area contributed by atoms with Crippen LogP contribution in [0, 0.1) is 0 Å². The van der Waals surface area contributed by atoms with E-state index < -0.39 is 0 Å². The molecule has 0 bridgehead atoms. The first-order valence-corrected chi connectivity index (χ1v) is 10.3. The number of carbonyl (C=O) groups is 2. The van der Waals surface area contributed by atoms with E-state index in [2.05, 4.69) is 22.0 Å². The zero-order chi connectivity index (χ0) is 20.3. The van der Waals surface area contributed by atoms with Crippen molar-refractivity contribution in [3.63, 3.8) is 0 Å². The number of amides is 2. The molecule has 0 radical (unpaired) electrons. The van der Waals surface area contributed by atoms with E-state index in [1.807, 2.05) is 42.5 Å². The van der Waals surface area contributed by atoms with Crippen molar-refractivity contribution in [2.75, 3.05) is 18.4 Å². The average Bonchev–Trinajstić information content (AvgIpc) is 2.78. The zero-order valence-corrected chi connectivity index (χ0v) is 16.7.